The SMILES string of the molecule is COc1ccc(-c2noc(CN(C(=O)CN(C)S(=O)(=O)c3ccccc3)C3CCCCC3)n2)cc1. The van der Waals surface area contributed by atoms with Gasteiger partial charge < -0.3 is 14.2 Å². The van der Waals surface area contributed by atoms with Crippen molar-refractivity contribution < 1.29 is 22.5 Å². The van der Waals surface area contributed by atoms with E-state index in [0.717, 1.165) is 47.7 Å². The predicted molar refractivity (Wildman–Crippen MR) is 130 cm³/mol. The quantitative estimate of drug-likeness (QED) is 0.443. The first-order chi connectivity index (χ1) is 16.9. The molecule has 0 unspecified atom stereocenters. The maximum absolute atomic E-state index is 13.4. The number of methoxy groups -OCH3 is 1. The summed E-state index contributed by atoms with van der Waals surface area (Å²) in [6, 6.07) is 15.4. The zero-order valence-electron chi connectivity index (χ0n) is 20.0. The molecule has 0 spiro atoms. The molecule has 0 atom stereocenters. The van der Waals surface area contributed by atoms with Crippen LogP contribution in [0.1, 0.15) is 38.0 Å². The summed E-state index contributed by atoms with van der Waals surface area (Å²) >= 11 is 0. The van der Waals surface area contributed by atoms with Crippen molar-refractivity contribution in [3.05, 3.63) is 60.5 Å². The summed E-state index contributed by atoms with van der Waals surface area (Å²) in [7, 11) is -0.762. The lowest BCUT2D eigenvalue weighted by atomic mass is 9.94. The molecule has 35 heavy (non-hydrogen) atoms. The smallest absolute Gasteiger partial charge is 0.246 e. The number of sulfonamides is 1. The van der Waals surface area contributed by atoms with E-state index in [0.29, 0.717) is 11.7 Å². The van der Waals surface area contributed by atoms with Crippen LogP contribution in [-0.2, 0) is 21.4 Å². The van der Waals surface area contributed by atoms with Gasteiger partial charge in [-0.15, -0.1) is 0 Å². The molecule has 0 bridgehead atoms. The van der Waals surface area contributed by atoms with Gasteiger partial charge in [0.2, 0.25) is 27.6 Å². The molecule has 0 saturated heterocycles. The van der Waals surface area contributed by atoms with E-state index in [4.69, 9.17) is 9.26 Å². The van der Waals surface area contributed by atoms with E-state index >= 15 is 0 Å². The van der Waals surface area contributed by atoms with Gasteiger partial charge in [-0.2, -0.15) is 9.29 Å². The largest absolute Gasteiger partial charge is 0.497 e. The van der Waals surface area contributed by atoms with Gasteiger partial charge in [-0.1, -0.05) is 42.6 Å². The molecule has 1 saturated carbocycles. The lowest BCUT2D eigenvalue weighted by Gasteiger charge is -2.34. The minimum Gasteiger partial charge on any atom is -0.497 e. The summed E-state index contributed by atoms with van der Waals surface area (Å²) in [5, 5.41) is 4.07. The third-order valence-corrected chi connectivity index (χ3v) is 8.08. The van der Waals surface area contributed by atoms with Crippen LogP contribution >= 0.6 is 0 Å². The van der Waals surface area contributed by atoms with Crippen molar-refractivity contribution >= 4 is 15.9 Å². The molecule has 0 aliphatic heterocycles. The number of hydrogen-bond donors (Lipinski definition) is 0. The predicted octanol–water partition coefficient (Wildman–Crippen LogP) is 3.73. The van der Waals surface area contributed by atoms with Gasteiger partial charge in [-0.25, -0.2) is 8.42 Å². The third-order valence-electron chi connectivity index (χ3n) is 6.27. The molecule has 1 amide bonds. The number of carbonyl (C=O) groups is 1. The van der Waals surface area contributed by atoms with Crippen LogP contribution in [0.5, 0.6) is 5.75 Å². The fourth-order valence-electron chi connectivity index (χ4n) is 4.27. The Bertz CT molecular complexity index is 1220. The molecule has 0 radical (unpaired) electrons. The normalized spacial score (nSPS) is 14.7. The van der Waals surface area contributed by atoms with Crippen molar-refractivity contribution in [1.82, 2.24) is 19.3 Å². The summed E-state index contributed by atoms with van der Waals surface area (Å²) < 4.78 is 37.6. The Morgan fingerprint density at radius 1 is 1.06 bits per heavy atom. The molecule has 1 aliphatic rings. The monoisotopic (exact) mass is 498 g/mol. The minimum atomic E-state index is -3.78. The van der Waals surface area contributed by atoms with Crippen molar-refractivity contribution in [3.63, 3.8) is 0 Å². The second kappa shape index (κ2) is 11.0. The molecule has 3 aromatic rings. The summed E-state index contributed by atoms with van der Waals surface area (Å²) in [5.41, 5.74) is 0.769. The highest BCUT2D eigenvalue weighted by Gasteiger charge is 2.31. The number of amides is 1. The summed E-state index contributed by atoms with van der Waals surface area (Å²) in [6.07, 6.45) is 4.89. The maximum atomic E-state index is 13.4. The molecular weight excluding hydrogens is 468 g/mol. The van der Waals surface area contributed by atoms with Crippen LogP contribution in [0.3, 0.4) is 0 Å². The Morgan fingerprint density at radius 2 is 1.74 bits per heavy atom. The summed E-state index contributed by atoms with van der Waals surface area (Å²) in [4.78, 5) is 19.7. The van der Waals surface area contributed by atoms with Crippen LogP contribution in [0.4, 0.5) is 0 Å². The highest BCUT2D eigenvalue weighted by atomic mass is 32.2. The second-order valence-corrected chi connectivity index (χ2v) is 10.7. The average Bonchev–Trinajstić information content (AvgIpc) is 3.37. The molecule has 1 aromatic heterocycles. The van der Waals surface area contributed by atoms with Crippen molar-refractivity contribution in [1.29, 1.82) is 0 Å². The van der Waals surface area contributed by atoms with E-state index in [1.54, 1.807) is 30.2 Å². The first-order valence-corrected chi connectivity index (χ1v) is 13.1. The number of rotatable bonds is 9. The van der Waals surface area contributed by atoms with Gasteiger partial charge in [0, 0.05) is 18.7 Å². The Morgan fingerprint density at radius 3 is 2.40 bits per heavy atom. The lowest BCUT2D eigenvalue weighted by Crippen LogP contribution is -2.46. The third kappa shape index (κ3) is 5.88. The number of ether oxygens (including phenoxy) is 1. The molecule has 1 aliphatic carbocycles. The fraction of sp³-hybridized carbons (Fsp3) is 0.400. The van der Waals surface area contributed by atoms with E-state index in [1.807, 2.05) is 24.3 Å². The molecular formula is C25H30N4O5S. The van der Waals surface area contributed by atoms with Crippen molar-refractivity contribution in [2.45, 2.75) is 49.6 Å². The topological polar surface area (TPSA) is 106 Å². The summed E-state index contributed by atoms with van der Waals surface area (Å²) in [5.74, 6) is 1.16. The zero-order chi connectivity index (χ0) is 24.8. The first-order valence-electron chi connectivity index (χ1n) is 11.7. The Hall–Kier alpha value is -3.24. The summed E-state index contributed by atoms with van der Waals surface area (Å²) in [6.45, 7) is -0.140. The van der Waals surface area contributed by atoms with Crippen molar-refractivity contribution in [2.24, 2.45) is 0 Å². The number of aromatic nitrogens is 2. The Labute approximate surface area is 205 Å². The van der Waals surface area contributed by atoms with E-state index in [2.05, 4.69) is 10.1 Å². The minimum absolute atomic E-state index is 0.000385. The van der Waals surface area contributed by atoms with Crippen LogP contribution in [0.15, 0.2) is 64.0 Å². The van der Waals surface area contributed by atoms with Gasteiger partial charge in [-0.3, -0.25) is 4.79 Å². The lowest BCUT2D eigenvalue weighted by molar-refractivity contribution is -0.135. The first kappa shape index (κ1) is 24.9. The number of likely N-dealkylation sites (N-methyl/N-ethyl adjacent to an activating group) is 1. The standard InChI is InChI=1S/C25H30N4O5S/c1-28(35(31,32)22-11-7-4-8-12-22)18-24(30)29(20-9-5-3-6-10-20)17-23-26-25(27-34-23)19-13-15-21(33-2)16-14-19/h4,7-8,11-16,20H,3,5-6,9-10,17-18H2,1-2H3. The molecule has 4 rings (SSSR count). The van der Waals surface area contributed by atoms with Crippen LogP contribution in [0, 0.1) is 0 Å². The number of benzene rings is 2. The maximum Gasteiger partial charge on any atom is 0.246 e. The van der Waals surface area contributed by atoms with Crippen LogP contribution in [-0.4, -0.2) is 60.4 Å². The molecule has 1 heterocycles. The molecule has 9 nitrogen and oxygen atoms in total. The van der Waals surface area contributed by atoms with E-state index in [1.165, 1.54) is 19.2 Å². The van der Waals surface area contributed by atoms with Gasteiger partial charge in [-0.05, 0) is 49.2 Å². The van der Waals surface area contributed by atoms with Crippen molar-refractivity contribution in [2.75, 3.05) is 20.7 Å². The zero-order valence-corrected chi connectivity index (χ0v) is 20.8. The number of hydrogen-bond acceptors (Lipinski definition) is 7. The van der Waals surface area contributed by atoms with Crippen molar-refractivity contribution in [3.8, 4) is 17.1 Å². The fourth-order valence-corrected chi connectivity index (χ4v) is 5.42. The van der Waals surface area contributed by atoms with Gasteiger partial charge in [0.15, 0.2) is 0 Å². The second-order valence-electron chi connectivity index (χ2n) is 8.63. The van der Waals surface area contributed by atoms with E-state index < -0.39 is 10.0 Å². The molecule has 2 aromatic carbocycles. The van der Waals surface area contributed by atoms with Crippen LogP contribution in [0.2, 0.25) is 0 Å². The van der Waals surface area contributed by atoms with Gasteiger partial charge in [0.05, 0.1) is 18.6 Å². The van der Waals surface area contributed by atoms with Gasteiger partial charge in [0.1, 0.15) is 12.3 Å². The highest BCUT2D eigenvalue weighted by Crippen LogP contribution is 2.26. The van der Waals surface area contributed by atoms with E-state index in [9.17, 15) is 13.2 Å². The van der Waals surface area contributed by atoms with E-state index in [-0.39, 0.29) is 29.9 Å². The Kier molecular flexibility index (Phi) is 7.82. The highest BCUT2D eigenvalue weighted by molar-refractivity contribution is 7.89. The molecule has 1 fully saturated rings. The number of carbonyl (C=O) groups excluding carboxylic acids is 1. The molecule has 186 valence electrons. The van der Waals surface area contributed by atoms with Crippen LogP contribution in [0.25, 0.3) is 11.4 Å². The van der Waals surface area contributed by atoms with Crippen LogP contribution < -0.4 is 4.74 Å². The number of nitrogens with zero attached hydrogens (tertiary/aromatic N) is 4. The van der Waals surface area contributed by atoms with Gasteiger partial charge >= 0.3 is 0 Å². The van der Waals surface area contributed by atoms with Gasteiger partial charge in [0.25, 0.3) is 0 Å². The molecule has 10 heteroatoms. The molecule has 0 N–H and O–H groups in total. The average molecular weight is 499 g/mol. The Balaban J connectivity index is 1.51.